The molecule has 0 amide bonds. The number of nitrogens with zero attached hydrogens (tertiary/aromatic N) is 4. The maximum atomic E-state index is 12.5. The minimum absolute atomic E-state index is 0.0699. The molecule has 0 N–H and O–H groups in total. The molecule has 8 nitrogen and oxygen atoms in total. The maximum absolute atomic E-state index is 12.5. The van der Waals surface area contributed by atoms with Gasteiger partial charge >= 0.3 is 5.97 Å². The van der Waals surface area contributed by atoms with Crippen LogP contribution < -0.4 is 4.90 Å². The molecule has 2 heterocycles. The molecule has 0 unspecified atom stereocenters. The monoisotopic (exact) mass is 446 g/mol. The third-order valence-corrected chi connectivity index (χ3v) is 6.41. The van der Waals surface area contributed by atoms with Crippen LogP contribution in [0.5, 0.6) is 0 Å². The van der Waals surface area contributed by atoms with Gasteiger partial charge in [0.05, 0.1) is 33.9 Å². The lowest BCUT2D eigenvalue weighted by Crippen LogP contribution is -2.35. The summed E-state index contributed by atoms with van der Waals surface area (Å²) in [6.07, 6.45) is 1.78. The van der Waals surface area contributed by atoms with E-state index in [9.17, 15) is 13.2 Å². The van der Waals surface area contributed by atoms with Gasteiger partial charge in [-0.1, -0.05) is 23.2 Å². The van der Waals surface area contributed by atoms with E-state index < -0.39 is 16.0 Å². The molecule has 0 atom stereocenters. The first-order chi connectivity index (χ1) is 13.2. The van der Waals surface area contributed by atoms with E-state index in [0.29, 0.717) is 59.5 Å². The van der Waals surface area contributed by atoms with Crippen molar-refractivity contribution < 1.29 is 17.9 Å². The molecule has 0 saturated carbocycles. The van der Waals surface area contributed by atoms with Gasteiger partial charge in [0.25, 0.3) is 0 Å². The van der Waals surface area contributed by atoms with E-state index in [0.717, 1.165) is 0 Å². The van der Waals surface area contributed by atoms with Gasteiger partial charge in [-0.15, -0.1) is 0 Å². The molecule has 2 aromatic rings. The van der Waals surface area contributed by atoms with Crippen molar-refractivity contribution in [1.82, 2.24) is 14.3 Å². The summed E-state index contributed by atoms with van der Waals surface area (Å²) in [5.74, 6) is -0.248. The largest absolute Gasteiger partial charge is 0.461 e. The molecular weight excluding hydrogens is 427 g/mol. The fourth-order valence-corrected chi connectivity index (χ4v) is 4.23. The number of carbonyl (C=O) groups is 1. The first kappa shape index (κ1) is 21.0. The Bertz CT molecular complexity index is 1020. The average molecular weight is 447 g/mol. The van der Waals surface area contributed by atoms with Gasteiger partial charge in [-0.3, -0.25) is 0 Å². The zero-order valence-electron chi connectivity index (χ0n) is 15.5. The highest BCUT2D eigenvalue weighted by atomic mass is 35.5. The van der Waals surface area contributed by atoms with Gasteiger partial charge in [-0.25, -0.2) is 27.5 Å². The highest BCUT2D eigenvalue weighted by Crippen LogP contribution is 2.29. The molecule has 11 heteroatoms. The summed E-state index contributed by atoms with van der Waals surface area (Å²) in [4.78, 5) is 23.4. The van der Waals surface area contributed by atoms with Gasteiger partial charge < -0.3 is 9.64 Å². The van der Waals surface area contributed by atoms with Crippen molar-refractivity contribution in [3.63, 3.8) is 0 Å². The molecule has 1 aliphatic heterocycles. The number of rotatable bonds is 4. The van der Waals surface area contributed by atoms with Gasteiger partial charge in [-0.05, 0) is 25.5 Å². The quantitative estimate of drug-likeness (QED) is 0.666. The molecule has 0 aliphatic carbocycles. The lowest BCUT2D eigenvalue weighted by Gasteiger charge is -2.23. The number of hydrogen-bond donors (Lipinski definition) is 0. The smallest absolute Gasteiger partial charge is 0.360 e. The molecule has 3 rings (SSSR count). The number of benzene rings is 1. The van der Waals surface area contributed by atoms with Gasteiger partial charge in [0.15, 0.2) is 11.5 Å². The van der Waals surface area contributed by atoms with Gasteiger partial charge in [0.1, 0.15) is 0 Å². The van der Waals surface area contributed by atoms with Crippen LogP contribution in [0.4, 0.5) is 5.82 Å². The van der Waals surface area contributed by atoms with E-state index >= 15 is 0 Å². The van der Waals surface area contributed by atoms with E-state index in [-0.39, 0.29) is 12.3 Å². The molecule has 0 spiro atoms. The van der Waals surface area contributed by atoms with Crippen LogP contribution in [0.3, 0.4) is 0 Å². The standard InChI is InChI=1S/C17H20Cl2N4O4S/c1-3-27-17(24)15-16(21-14-10-12(19)11(18)9-13(14)20-15)22-5-4-6-23(8-7-22)28(2,25)26/h9-10H,3-8H2,1-2H3. The van der Waals surface area contributed by atoms with Gasteiger partial charge in [0.2, 0.25) is 10.0 Å². The Morgan fingerprint density at radius 2 is 1.75 bits per heavy atom. The number of aromatic nitrogens is 2. The molecule has 1 aromatic carbocycles. The number of fused-ring (bicyclic) bond motifs is 1. The Morgan fingerprint density at radius 3 is 2.36 bits per heavy atom. The fraction of sp³-hybridized carbons (Fsp3) is 0.471. The van der Waals surface area contributed by atoms with Crippen LogP contribution in [-0.4, -0.2) is 67.7 Å². The summed E-state index contributed by atoms with van der Waals surface area (Å²) in [5.41, 5.74) is 0.982. The molecule has 1 aromatic heterocycles. The van der Waals surface area contributed by atoms with E-state index in [1.165, 1.54) is 10.6 Å². The second kappa shape index (κ2) is 8.36. The molecule has 1 fully saturated rings. The van der Waals surface area contributed by atoms with Crippen molar-refractivity contribution in [2.45, 2.75) is 13.3 Å². The van der Waals surface area contributed by atoms with Crippen molar-refractivity contribution in [3.8, 4) is 0 Å². The predicted molar refractivity (Wildman–Crippen MR) is 109 cm³/mol. The lowest BCUT2D eigenvalue weighted by molar-refractivity contribution is 0.0520. The fourth-order valence-electron chi connectivity index (χ4n) is 3.04. The highest BCUT2D eigenvalue weighted by Gasteiger charge is 2.27. The van der Waals surface area contributed by atoms with Crippen LogP contribution in [0.1, 0.15) is 23.8 Å². The summed E-state index contributed by atoms with van der Waals surface area (Å²) in [5, 5.41) is 0.641. The Morgan fingerprint density at radius 1 is 1.11 bits per heavy atom. The number of sulfonamides is 1. The van der Waals surface area contributed by atoms with Crippen molar-refractivity contribution in [3.05, 3.63) is 27.9 Å². The molecule has 0 radical (unpaired) electrons. The maximum Gasteiger partial charge on any atom is 0.360 e. The molecular formula is C17H20Cl2N4O4S. The zero-order valence-corrected chi connectivity index (χ0v) is 17.8. The van der Waals surface area contributed by atoms with E-state index in [2.05, 4.69) is 9.97 Å². The Hall–Kier alpha value is -1.68. The first-order valence-corrected chi connectivity index (χ1v) is 11.3. The topological polar surface area (TPSA) is 92.7 Å². The van der Waals surface area contributed by atoms with Crippen molar-refractivity contribution in [2.75, 3.05) is 43.9 Å². The summed E-state index contributed by atoms with van der Waals surface area (Å²) < 4.78 is 30.3. The SMILES string of the molecule is CCOC(=O)c1nc2cc(Cl)c(Cl)cc2nc1N1CCCN(S(C)(=O)=O)CC1. The minimum atomic E-state index is -3.29. The number of hydrogen-bond acceptors (Lipinski definition) is 7. The van der Waals surface area contributed by atoms with Crippen molar-refractivity contribution in [1.29, 1.82) is 0 Å². The van der Waals surface area contributed by atoms with Gasteiger partial charge in [0, 0.05) is 26.2 Å². The minimum Gasteiger partial charge on any atom is -0.461 e. The number of esters is 1. The van der Waals surface area contributed by atoms with E-state index in [1.54, 1.807) is 19.1 Å². The second-order valence-electron chi connectivity index (χ2n) is 6.37. The third kappa shape index (κ3) is 4.48. The zero-order chi connectivity index (χ0) is 20.5. The van der Waals surface area contributed by atoms with Gasteiger partial charge in [-0.2, -0.15) is 0 Å². The summed E-state index contributed by atoms with van der Waals surface area (Å²) >= 11 is 12.2. The number of halogens is 2. The summed E-state index contributed by atoms with van der Waals surface area (Å²) in [6.45, 7) is 3.51. The Kier molecular flexibility index (Phi) is 6.28. The normalized spacial score (nSPS) is 16.2. The van der Waals surface area contributed by atoms with Crippen molar-refractivity contribution >= 4 is 56.0 Å². The van der Waals surface area contributed by atoms with Crippen LogP contribution in [0.2, 0.25) is 10.0 Å². The highest BCUT2D eigenvalue weighted by molar-refractivity contribution is 7.88. The van der Waals surface area contributed by atoms with Crippen LogP contribution in [0, 0.1) is 0 Å². The third-order valence-electron chi connectivity index (χ3n) is 4.38. The number of ether oxygens (including phenoxy) is 1. The molecule has 28 heavy (non-hydrogen) atoms. The summed E-state index contributed by atoms with van der Waals surface area (Å²) in [7, 11) is -3.29. The second-order valence-corrected chi connectivity index (χ2v) is 9.17. The molecule has 1 aliphatic rings. The predicted octanol–water partition coefficient (Wildman–Crippen LogP) is 2.59. The number of carbonyl (C=O) groups excluding carboxylic acids is 1. The molecule has 0 bridgehead atoms. The molecule has 152 valence electrons. The van der Waals surface area contributed by atoms with Crippen LogP contribution in [-0.2, 0) is 14.8 Å². The van der Waals surface area contributed by atoms with Crippen LogP contribution >= 0.6 is 23.2 Å². The van der Waals surface area contributed by atoms with Crippen LogP contribution in [0.15, 0.2) is 12.1 Å². The first-order valence-electron chi connectivity index (χ1n) is 8.74. The lowest BCUT2D eigenvalue weighted by atomic mass is 10.2. The number of anilines is 1. The Balaban J connectivity index is 2.05. The van der Waals surface area contributed by atoms with Crippen LogP contribution in [0.25, 0.3) is 11.0 Å². The Labute approximate surface area is 173 Å². The van der Waals surface area contributed by atoms with E-state index in [1.807, 2.05) is 4.90 Å². The van der Waals surface area contributed by atoms with Crippen molar-refractivity contribution in [2.24, 2.45) is 0 Å². The summed E-state index contributed by atoms with van der Waals surface area (Å²) in [6, 6.07) is 3.14. The molecule has 1 saturated heterocycles. The van der Waals surface area contributed by atoms with E-state index in [4.69, 9.17) is 27.9 Å². The average Bonchev–Trinajstić information content (AvgIpc) is 2.88.